The maximum Gasteiger partial charge on any atom is 0.231 e. The molecule has 1 aromatic heterocycles. The zero-order valence-electron chi connectivity index (χ0n) is 11.1. The number of aromatic nitrogens is 1. The van der Waals surface area contributed by atoms with E-state index in [9.17, 15) is 0 Å². The number of hydrogen-bond donors (Lipinski definition) is 2. The monoisotopic (exact) mass is 276 g/mol. The molecule has 0 spiro atoms. The maximum atomic E-state index is 9.04. The third-order valence-corrected chi connectivity index (χ3v) is 3.01. The van der Waals surface area contributed by atoms with E-state index in [0.717, 1.165) is 28.1 Å². The molecule has 0 saturated heterocycles. The van der Waals surface area contributed by atoms with E-state index in [-0.39, 0.29) is 6.79 Å². The van der Waals surface area contributed by atoms with Gasteiger partial charge in [0.25, 0.3) is 0 Å². The highest BCUT2D eigenvalue weighted by molar-refractivity contribution is 5.93. The van der Waals surface area contributed by atoms with Gasteiger partial charge in [0.1, 0.15) is 0 Å². The molecule has 2 heterocycles. The van der Waals surface area contributed by atoms with Crippen LogP contribution in [0.25, 0.3) is 10.9 Å². The van der Waals surface area contributed by atoms with Gasteiger partial charge in [-0.1, -0.05) is 0 Å². The van der Waals surface area contributed by atoms with Crippen LogP contribution in [-0.2, 0) is 4.74 Å². The van der Waals surface area contributed by atoms with E-state index in [4.69, 9.17) is 19.3 Å². The molecule has 2 N–H and O–H groups in total. The largest absolute Gasteiger partial charge is 0.454 e. The predicted molar refractivity (Wildman–Crippen MR) is 74.0 cm³/mol. The van der Waals surface area contributed by atoms with Crippen LogP contribution in [0, 0.1) is 0 Å². The molecule has 1 aromatic carbocycles. The Morgan fingerprint density at radius 1 is 1.40 bits per heavy atom. The lowest BCUT2D eigenvalue weighted by atomic mass is 10.1. The maximum absolute atomic E-state index is 9.04. The molecule has 0 bridgehead atoms. The summed E-state index contributed by atoms with van der Waals surface area (Å²) in [5.74, 6) is 1.45. The minimum absolute atomic E-state index is 0.247. The van der Waals surface area contributed by atoms with Crippen molar-refractivity contribution in [2.24, 2.45) is 0 Å². The lowest BCUT2D eigenvalue weighted by Gasteiger charge is -2.11. The van der Waals surface area contributed by atoms with E-state index in [2.05, 4.69) is 10.3 Å². The second-order valence-electron chi connectivity index (χ2n) is 4.48. The van der Waals surface area contributed by atoms with Crippen molar-refractivity contribution in [1.82, 2.24) is 4.98 Å². The van der Waals surface area contributed by atoms with Gasteiger partial charge in [0.05, 0.1) is 12.1 Å². The average Bonchev–Trinajstić information content (AvgIpc) is 2.88. The zero-order chi connectivity index (χ0) is 13.9. The van der Waals surface area contributed by atoms with Crippen molar-refractivity contribution in [3.8, 4) is 11.5 Å². The van der Waals surface area contributed by atoms with Crippen LogP contribution in [-0.4, -0.2) is 36.3 Å². The molecule has 0 fully saturated rings. The molecule has 106 valence electrons. The number of aliphatic hydroxyl groups is 1. The molecular formula is C14H16N2O4. The highest BCUT2D eigenvalue weighted by Crippen LogP contribution is 2.37. The Bertz CT molecular complexity index is 615. The predicted octanol–water partition coefficient (Wildman–Crippen LogP) is 1.73. The number of ether oxygens (including phenoxy) is 3. The number of fused-ring (bicyclic) bond motifs is 2. The molecule has 20 heavy (non-hydrogen) atoms. The number of pyridine rings is 1. The van der Waals surface area contributed by atoms with Crippen molar-refractivity contribution in [2.45, 2.75) is 13.2 Å². The first-order valence-electron chi connectivity index (χ1n) is 6.46. The van der Waals surface area contributed by atoms with Crippen molar-refractivity contribution < 1.29 is 19.3 Å². The second-order valence-corrected chi connectivity index (χ2v) is 4.48. The number of nitrogens with one attached hydrogen (secondary N) is 1. The number of aliphatic hydroxyl groups excluding tert-OH is 1. The quantitative estimate of drug-likeness (QED) is 0.640. The van der Waals surface area contributed by atoms with Gasteiger partial charge in [-0.05, 0) is 19.1 Å². The Kier molecular flexibility index (Phi) is 3.58. The number of anilines is 1. The van der Waals surface area contributed by atoms with E-state index < -0.39 is 6.29 Å². The molecule has 0 amide bonds. The normalized spacial score (nSPS) is 14.5. The van der Waals surface area contributed by atoms with E-state index in [1.54, 1.807) is 13.1 Å². The van der Waals surface area contributed by atoms with Crippen LogP contribution in [0.3, 0.4) is 0 Å². The van der Waals surface area contributed by atoms with Gasteiger partial charge in [0.15, 0.2) is 17.8 Å². The third-order valence-electron chi connectivity index (χ3n) is 3.01. The van der Waals surface area contributed by atoms with Gasteiger partial charge in [-0.25, -0.2) is 0 Å². The summed E-state index contributed by atoms with van der Waals surface area (Å²) < 4.78 is 15.8. The van der Waals surface area contributed by atoms with Gasteiger partial charge < -0.3 is 24.6 Å². The van der Waals surface area contributed by atoms with E-state index in [1.807, 2.05) is 18.2 Å². The van der Waals surface area contributed by atoms with Crippen molar-refractivity contribution in [3.05, 3.63) is 24.4 Å². The number of nitrogens with zero attached hydrogens (tertiary/aromatic N) is 1. The Hall–Kier alpha value is -2.05. The minimum atomic E-state index is -0.750. The van der Waals surface area contributed by atoms with Gasteiger partial charge in [0, 0.05) is 29.9 Å². The van der Waals surface area contributed by atoms with Crippen molar-refractivity contribution in [1.29, 1.82) is 0 Å². The molecule has 1 unspecified atom stereocenters. The molecule has 6 nitrogen and oxygen atoms in total. The molecule has 1 aliphatic rings. The highest BCUT2D eigenvalue weighted by Gasteiger charge is 2.15. The summed E-state index contributed by atoms with van der Waals surface area (Å²) in [4.78, 5) is 4.33. The molecule has 0 radical (unpaired) electrons. The van der Waals surface area contributed by atoms with Gasteiger partial charge in [-0.3, -0.25) is 4.98 Å². The molecule has 6 heteroatoms. The average molecular weight is 276 g/mol. The van der Waals surface area contributed by atoms with E-state index >= 15 is 0 Å². The SMILES string of the molecule is CC(O)OCCNc1ccnc2cc3c(cc12)OCO3. The molecule has 3 rings (SSSR count). The summed E-state index contributed by atoms with van der Waals surface area (Å²) in [6.07, 6.45) is 0.988. The van der Waals surface area contributed by atoms with Crippen LogP contribution >= 0.6 is 0 Å². The van der Waals surface area contributed by atoms with E-state index in [0.29, 0.717) is 13.2 Å². The Morgan fingerprint density at radius 2 is 2.20 bits per heavy atom. The Labute approximate surface area is 116 Å². The molecular weight excluding hydrogens is 260 g/mol. The lowest BCUT2D eigenvalue weighted by Crippen LogP contribution is -2.14. The van der Waals surface area contributed by atoms with Crippen molar-refractivity contribution in [2.75, 3.05) is 25.3 Å². The summed E-state index contributed by atoms with van der Waals surface area (Å²) in [5.41, 5.74) is 1.79. The number of rotatable bonds is 5. The first-order chi connectivity index (χ1) is 9.74. The summed E-state index contributed by atoms with van der Waals surface area (Å²) in [5, 5.41) is 13.3. The van der Waals surface area contributed by atoms with Gasteiger partial charge >= 0.3 is 0 Å². The van der Waals surface area contributed by atoms with Gasteiger partial charge in [-0.2, -0.15) is 0 Å². The topological polar surface area (TPSA) is 72.8 Å². The first-order valence-corrected chi connectivity index (χ1v) is 6.46. The fraction of sp³-hybridized carbons (Fsp3) is 0.357. The number of hydrogen-bond acceptors (Lipinski definition) is 6. The smallest absolute Gasteiger partial charge is 0.231 e. The number of benzene rings is 1. The lowest BCUT2D eigenvalue weighted by molar-refractivity contribution is -0.0811. The Balaban J connectivity index is 1.80. The summed E-state index contributed by atoms with van der Waals surface area (Å²) in [7, 11) is 0. The summed E-state index contributed by atoms with van der Waals surface area (Å²) >= 11 is 0. The van der Waals surface area contributed by atoms with Crippen molar-refractivity contribution in [3.63, 3.8) is 0 Å². The molecule has 1 atom stereocenters. The molecule has 0 aliphatic carbocycles. The van der Waals surface area contributed by atoms with Crippen molar-refractivity contribution >= 4 is 16.6 Å². The molecule has 0 saturated carbocycles. The van der Waals surface area contributed by atoms with E-state index in [1.165, 1.54) is 0 Å². The zero-order valence-corrected chi connectivity index (χ0v) is 11.1. The second kappa shape index (κ2) is 5.52. The Morgan fingerprint density at radius 3 is 3.00 bits per heavy atom. The fourth-order valence-corrected chi connectivity index (χ4v) is 2.10. The minimum Gasteiger partial charge on any atom is -0.454 e. The van der Waals surface area contributed by atoms with Crippen LogP contribution in [0.2, 0.25) is 0 Å². The molecule has 2 aromatic rings. The van der Waals surface area contributed by atoms with Gasteiger partial charge in [0.2, 0.25) is 6.79 Å². The van der Waals surface area contributed by atoms with Crippen LogP contribution in [0.1, 0.15) is 6.92 Å². The summed E-state index contributed by atoms with van der Waals surface area (Å²) in [6.45, 7) is 2.85. The van der Waals surface area contributed by atoms with Crippen LogP contribution < -0.4 is 14.8 Å². The first kappa shape index (κ1) is 13.0. The molecule has 1 aliphatic heterocycles. The summed E-state index contributed by atoms with van der Waals surface area (Å²) in [6, 6.07) is 5.69. The standard InChI is InChI=1S/C14H16N2O4/c1-9(17)18-5-4-16-11-2-3-15-12-7-14-13(6-10(11)12)19-8-20-14/h2-3,6-7,9,17H,4-5,8H2,1H3,(H,15,16). The van der Waals surface area contributed by atoms with Crippen LogP contribution in [0.4, 0.5) is 5.69 Å². The van der Waals surface area contributed by atoms with Gasteiger partial charge in [-0.15, -0.1) is 0 Å². The third kappa shape index (κ3) is 2.61. The fourth-order valence-electron chi connectivity index (χ4n) is 2.10. The highest BCUT2D eigenvalue weighted by atomic mass is 16.7. The van der Waals surface area contributed by atoms with Crippen LogP contribution in [0.15, 0.2) is 24.4 Å². The van der Waals surface area contributed by atoms with Crippen LogP contribution in [0.5, 0.6) is 11.5 Å².